The molecular weight excluding hydrogens is 226 g/mol. The van der Waals surface area contributed by atoms with Gasteiger partial charge in [0, 0.05) is 12.2 Å². The predicted octanol–water partition coefficient (Wildman–Crippen LogP) is 2.12. The molecule has 0 heterocycles. The van der Waals surface area contributed by atoms with E-state index in [4.69, 9.17) is 5.11 Å². The second-order valence-electron chi connectivity index (χ2n) is 4.16. The number of hydrogen-bond acceptors (Lipinski definition) is 3. The minimum Gasteiger partial charge on any atom is -0.394 e. The fourth-order valence-corrected chi connectivity index (χ4v) is 1.71. The van der Waals surface area contributed by atoms with Crippen LogP contribution in [0.25, 0.3) is 11.1 Å². The Morgan fingerprint density at radius 3 is 2.11 bits per heavy atom. The second-order valence-corrected chi connectivity index (χ2v) is 4.16. The largest absolute Gasteiger partial charge is 0.394 e. The Hall–Kier alpha value is -1.84. The Kier molecular flexibility index (Phi) is 4.34. The second kappa shape index (κ2) is 6.19. The van der Waals surface area contributed by atoms with Gasteiger partial charge in [-0.2, -0.15) is 0 Å². The van der Waals surface area contributed by atoms with Crippen molar-refractivity contribution in [3.05, 3.63) is 54.6 Å². The van der Waals surface area contributed by atoms with Crippen molar-refractivity contribution < 1.29 is 10.2 Å². The molecule has 0 bridgehead atoms. The summed E-state index contributed by atoms with van der Waals surface area (Å²) in [5.74, 6) is 0. The van der Waals surface area contributed by atoms with Crippen LogP contribution in [0, 0.1) is 0 Å². The van der Waals surface area contributed by atoms with Crippen LogP contribution >= 0.6 is 0 Å². The van der Waals surface area contributed by atoms with Gasteiger partial charge in [0.25, 0.3) is 0 Å². The first-order valence-corrected chi connectivity index (χ1v) is 5.98. The standard InChI is InChI=1S/C15H17NO2/c17-11-15(18)10-16-14-8-6-13(7-9-14)12-4-2-1-3-5-12/h1-9,15-18H,10-11H2. The van der Waals surface area contributed by atoms with Crippen LogP contribution in [-0.2, 0) is 0 Å². The fourth-order valence-electron chi connectivity index (χ4n) is 1.71. The van der Waals surface area contributed by atoms with E-state index < -0.39 is 6.10 Å². The summed E-state index contributed by atoms with van der Waals surface area (Å²) in [6.45, 7) is 0.121. The number of hydrogen-bond donors (Lipinski definition) is 3. The first kappa shape index (κ1) is 12.6. The lowest BCUT2D eigenvalue weighted by Crippen LogP contribution is -2.22. The van der Waals surface area contributed by atoms with Crippen LogP contribution in [0.2, 0.25) is 0 Å². The van der Waals surface area contributed by atoms with E-state index in [-0.39, 0.29) is 6.61 Å². The zero-order valence-corrected chi connectivity index (χ0v) is 10.1. The lowest BCUT2D eigenvalue weighted by Gasteiger charge is -2.10. The average Bonchev–Trinajstić information content (AvgIpc) is 2.46. The highest BCUT2D eigenvalue weighted by molar-refractivity contribution is 5.65. The highest BCUT2D eigenvalue weighted by Gasteiger charge is 2.01. The summed E-state index contributed by atoms with van der Waals surface area (Å²) in [6.07, 6.45) is -0.723. The Labute approximate surface area is 107 Å². The summed E-state index contributed by atoms with van der Waals surface area (Å²) in [7, 11) is 0. The Bertz CT molecular complexity index is 468. The van der Waals surface area contributed by atoms with Gasteiger partial charge in [-0.15, -0.1) is 0 Å². The first-order valence-electron chi connectivity index (χ1n) is 5.98. The van der Waals surface area contributed by atoms with E-state index in [1.807, 2.05) is 42.5 Å². The van der Waals surface area contributed by atoms with Gasteiger partial charge in [0.1, 0.15) is 0 Å². The van der Waals surface area contributed by atoms with Gasteiger partial charge in [-0.3, -0.25) is 0 Å². The summed E-state index contributed by atoms with van der Waals surface area (Å²) in [4.78, 5) is 0. The molecule has 0 aliphatic heterocycles. The van der Waals surface area contributed by atoms with Crippen molar-refractivity contribution >= 4 is 5.69 Å². The zero-order chi connectivity index (χ0) is 12.8. The van der Waals surface area contributed by atoms with Gasteiger partial charge in [-0.05, 0) is 23.3 Å². The molecule has 0 aliphatic rings. The summed E-state index contributed by atoms with van der Waals surface area (Å²) >= 11 is 0. The molecule has 3 N–H and O–H groups in total. The summed E-state index contributed by atoms with van der Waals surface area (Å²) < 4.78 is 0. The minimum atomic E-state index is -0.723. The molecule has 0 spiro atoms. The average molecular weight is 243 g/mol. The van der Waals surface area contributed by atoms with E-state index >= 15 is 0 Å². The number of benzene rings is 2. The van der Waals surface area contributed by atoms with E-state index in [2.05, 4.69) is 17.4 Å². The van der Waals surface area contributed by atoms with Crippen LogP contribution in [0.3, 0.4) is 0 Å². The predicted molar refractivity (Wildman–Crippen MR) is 73.5 cm³/mol. The van der Waals surface area contributed by atoms with Gasteiger partial charge in [0.2, 0.25) is 0 Å². The monoisotopic (exact) mass is 243 g/mol. The molecule has 18 heavy (non-hydrogen) atoms. The van der Waals surface area contributed by atoms with Crippen molar-refractivity contribution in [2.45, 2.75) is 6.10 Å². The lowest BCUT2D eigenvalue weighted by molar-refractivity contribution is 0.105. The smallest absolute Gasteiger partial charge is 0.0942 e. The molecule has 3 nitrogen and oxygen atoms in total. The van der Waals surface area contributed by atoms with Crippen molar-refractivity contribution in [1.82, 2.24) is 0 Å². The lowest BCUT2D eigenvalue weighted by atomic mass is 10.1. The van der Waals surface area contributed by atoms with Crippen molar-refractivity contribution in [3.63, 3.8) is 0 Å². The highest BCUT2D eigenvalue weighted by atomic mass is 16.3. The van der Waals surface area contributed by atoms with Gasteiger partial charge in [-0.25, -0.2) is 0 Å². The maximum atomic E-state index is 9.24. The molecule has 0 saturated heterocycles. The number of aliphatic hydroxyl groups is 2. The van der Waals surface area contributed by atoms with E-state index in [9.17, 15) is 5.11 Å². The third-order valence-corrected chi connectivity index (χ3v) is 2.74. The van der Waals surface area contributed by atoms with Crippen LogP contribution in [-0.4, -0.2) is 29.5 Å². The van der Waals surface area contributed by atoms with E-state index in [1.54, 1.807) is 0 Å². The maximum Gasteiger partial charge on any atom is 0.0942 e. The van der Waals surface area contributed by atoms with Crippen molar-refractivity contribution in [2.24, 2.45) is 0 Å². The van der Waals surface area contributed by atoms with Crippen LogP contribution < -0.4 is 5.32 Å². The fraction of sp³-hybridized carbons (Fsp3) is 0.200. The summed E-state index contributed by atoms with van der Waals surface area (Å²) in [5.41, 5.74) is 3.27. The van der Waals surface area contributed by atoms with Crippen molar-refractivity contribution in [1.29, 1.82) is 0 Å². The normalized spacial score (nSPS) is 12.1. The van der Waals surface area contributed by atoms with Crippen LogP contribution in [0.5, 0.6) is 0 Å². The molecule has 0 aromatic heterocycles. The van der Waals surface area contributed by atoms with Crippen LogP contribution in [0.4, 0.5) is 5.69 Å². The number of rotatable bonds is 5. The van der Waals surface area contributed by atoms with Crippen molar-refractivity contribution in [2.75, 3.05) is 18.5 Å². The third-order valence-electron chi connectivity index (χ3n) is 2.74. The van der Waals surface area contributed by atoms with Gasteiger partial charge in [0.05, 0.1) is 12.7 Å². The van der Waals surface area contributed by atoms with Crippen LogP contribution in [0.1, 0.15) is 0 Å². The van der Waals surface area contributed by atoms with Crippen LogP contribution in [0.15, 0.2) is 54.6 Å². The van der Waals surface area contributed by atoms with Gasteiger partial charge in [-0.1, -0.05) is 42.5 Å². The molecule has 94 valence electrons. The summed E-state index contributed by atoms with van der Waals surface area (Å²) in [6, 6.07) is 18.1. The third kappa shape index (κ3) is 3.32. The molecule has 0 radical (unpaired) electrons. The molecule has 0 saturated carbocycles. The molecule has 3 heteroatoms. The molecule has 0 aliphatic carbocycles. The molecule has 0 fully saturated rings. The Balaban J connectivity index is 2.02. The first-order chi connectivity index (χ1) is 8.79. The van der Waals surface area contributed by atoms with E-state index in [1.165, 1.54) is 5.56 Å². The highest BCUT2D eigenvalue weighted by Crippen LogP contribution is 2.20. The SMILES string of the molecule is OCC(O)CNc1ccc(-c2ccccc2)cc1. The Morgan fingerprint density at radius 1 is 0.889 bits per heavy atom. The molecular formula is C15H17NO2. The molecule has 2 rings (SSSR count). The molecule has 1 unspecified atom stereocenters. The molecule has 0 amide bonds. The van der Waals surface area contributed by atoms with E-state index in [0.717, 1.165) is 11.3 Å². The zero-order valence-electron chi connectivity index (χ0n) is 10.1. The number of aliphatic hydroxyl groups excluding tert-OH is 2. The maximum absolute atomic E-state index is 9.24. The molecule has 1 atom stereocenters. The topological polar surface area (TPSA) is 52.5 Å². The van der Waals surface area contributed by atoms with Gasteiger partial charge in [0.15, 0.2) is 0 Å². The summed E-state index contributed by atoms with van der Waals surface area (Å²) in [5, 5.41) is 21.0. The number of anilines is 1. The minimum absolute atomic E-state index is 0.227. The van der Waals surface area contributed by atoms with Crippen molar-refractivity contribution in [3.8, 4) is 11.1 Å². The molecule has 2 aromatic carbocycles. The molecule has 2 aromatic rings. The van der Waals surface area contributed by atoms with Gasteiger partial charge >= 0.3 is 0 Å². The van der Waals surface area contributed by atoms with E-state index in [0.29, 0.717) is 6.54 Å². The number of nitrogens with one attached hydrogen (secondary N) is 1. The quantitative estimate of drug-likeness (QED) is 0.754. The van der Waals surface area contributed by atoms with Gasteiger partial charge < -0.3 is 15.5 Å². The Morgan fingerprint density at radius 2 is 1.50 bits per heavy atom.